The second kappa shape index (κ2) is 9.30. The molecule has 0 aliphatic rings. The van der Waals surface area contributed by atoms with E-state index < -0.39 is 12.1 Å². The number of carboxylic acid groups (broad SMARTS) is 1. The molecule has 4 nitrogen and oxygen atoms in total. The first-order valence-electron chi connectivity index (χ1n) is 8.07. The number of hydrogen-bond donors (Lipinski definition) is 3. The van der Waals surface area contributed by atoms with Crippen LogP contribution in [0.4, 0.5) is 5.69 Å². The van der Waals surface area contributed by atoms with Gasteiger partial charge in [-0.2, -0.15) is 0 Å². The fraction of sp³-hybridized carbons (Fsp3) is 0.316. The average molecular weight is 348 g/mol. The van der Waals surface area contributed by atoms with Gasteiger partial charge in [-0.1, -0.05) is 36.6 Å². The first-order valence-corrected chi connectivity index (χ1v) is 8.45. The molecular formula is C19H22ClNO3. The summed E-state index contributed by atoms with van der Waals surface area (Å²) in [5.41, 5.74) is 2.11. The zero-order valence-electron chi connectivity index (χ0n) is 13.4. The molecule has 0 fully saturated rings. The van der Waals surface area contributed by atoms with Gasteiger partial charge >= 0.3 is 5.97 Å². The van der Waals surface area contributed by atoms with Gasteiger partial charge < -0.3 is 15.5 Å². The lowest BCUT2D eigenvalue weighted by molar-refractivity contribution is 0.0697. The third-order valence-corrected chi connectivity index (χ3v) is 4.12. The molecule has 0 saturated heterocycles. The average Bonchev–Trinajstić information content (AvgIpc) is 2.58. The maximum Gasteiger partial charge on any atom is 0.335 e. The van der Waals surface area contributed by atoms with Crippen molar-refractivity contribution >= 4 is 23.3 Å². The van der Waals surface area contributed by atoms with Gasteiger partial charge in [0.2, 0.25) is 0 Å². The lowest BCUT2D eigenvalue weighted by atomic mass is 10.0. The number of anilines is 1. The number of carbonyl (C=O) groups is 1. The van der Waals surface area contributed by atoms with Gasteiger partial charge in [-0.3, -0.25) is 0 Å². The molecule has 128 valence electrons. The van der Waals surface area contributed by atoms with Crippen molar-refractivity contribution in [2.75, 3.05) is 11.9 Å². The Morgan fingerprint density at radius 3 is 2.29 bits per heavy atom. The Morgan fingerprint density at radius 1 is 1.00 bits per heavy atom. The summed E-state index contributed by atoms with van der Waals surface area (Å²) < 4.78 is 0. The molecule has 1 atom stereocenters. The number of rotatable bonds is 9. The number of aromatic carboxylic acids is 1. The summed E-state index contributed by atoms with van der Waals surface area (Å²) in [6.45, 7) is 0.823. The van der Waals surface area contributed by atoms with Crippen LogP contribution < -0.4 is 5.32 Å². The summed E-state index contributed by atoms with van der Waals surface area (Å²) in [4.78, 5) is 10.8. The minimum absolute atomic E-state index is 0.289. The van der Waals surface area contributed by atoms with Crippen LogP contribution >= 0.6 is 11.6 Å². The van der Waals surface area contributed by atoms with Crippen LogP contribution in [0.1, 0.15) is 47.7 Å². The first-order chi connectivity index (χ1) is 11.6. The number of aliphatic hydroxyl groups excluding tert-OH is 1. The summed E-state index contributed by atoms with van der Waals surface area (Å²) >= 11 is 5.83. The molecule has 0 bridgehead atoms. The zero-order chi connectivity index (χ0) is 17.4. The highest BCUT2D eigenvalue weighted by molar-refractivity contribution is 6.30. The van der Waals surface area contributed by atoms with E-state index >= 15 is 0 Å². The van der Waals surface area contributed by atoms with Gasteiger partial charge in [-0.15, -0.1) is 0 Å². The monoisotopic (exact) mass is 347 g/mol. The number of benzene rings is 2. The minimum Gasteiger partial charge on any atom is -0.478 e. The Morgan fingerprint density at radius 2 is 1.67 bits per heavy atom. The molecule has 0 unspecified atom stereocenters. The Hall–Kier alpha value is -2.04. The molecular weight excluding hydrogens is 326 g/mol. The van der Waals surface area contributed by atoms with Crippen molar-refractivity contribution in [3.8, 4) is 0 Å². The molecule has 0 saturated carbocycles. The standard InChI is InChI=1S/C19H22ClNO3/c20-16-9-5-14(6-10-16)18(22)4-2-1-3-13-21-17-11-7-15(8-12-17)19(23)24/h5-12,18,21-22H,1-4,13H2,(H,23,24)/t18-/m0/s1. The Bertz CT molecular complexity index is 641. The van der Waals surface area contributed by atoms with E-state index in [9.17, 15) is 9.90 Å². The molecule has 0 radical (unpaired) electrons. The van der Waals surface area contributed by atoms with Gasteiger partial charge in [0, 0.05) is 17.3 Å². The largest absolute Gasteiger partial charge is 0.478 e. The quantitative estimate of drug-likeness (QED) is 0.573. The van der Waals surface area contributed by atoms with Crippen molar-refractivity contribution < 1.29 is 15.0 Å². The number of carboxylic acids is 1. The van der Waals surface area contributed by atoms with E-state index in [-0.39, 0.29) is 5.56 Å². The van der Waals surface area contributed by atoms with Gasteiger partial charge in [-0.25, -0.2) is 4.79 Å². The van der Waals surface area contributed by atoms with Crippen LogP contribution in [0.2, 0.25) is 5.02 Å². The summed E-state index contributed by atoms with van der Waals surface area (Å²) in [7, 11) is 0. The van der Waals surface area contributed by atoms with Crippen LogP contribution in [0, 0.1) is 0 Å². The van der Waals surface area contributed by atoms with E-state index in [1.165, 1.54) is 0 Å². The van der Waals surface area contributed by atoms with Gasteiger partial charge in [0.25, 0.3) is 0 Å². The molecule has 2 aromatic rings. The summed E-state index contributed by atoms with van der Waals surface area (Å²) in [6, 6.07) is 14.0. The second-order valence-corrected chi connectivity index (χ2v) is 6.16. The number of unbranched alkanes of at least 4 members (excludes halogenated alkanes) is 2. The summed E-state index contributed by atoms with van der Waals surface area (Å²) in [6.07, 6.45) is 3.25. The van der Waals surface area contributed by atoms with Crippen molar-refractivity contribution in [1.82, 2.24) is 0 Å². The topological polar surface area (TPSA) is 69.6 Å². The molecule has 3 N–H and O–H groups in total. The van der Waals surface area contributed by atoms with Crippen molar-refractivity contribution in [2.45, 2.75) is 31.8 Å². The van der Waals surface area contributed by atoms with Gasteiger partial charge in [0.15, 0.2) is 0 Å². The van der Waals surface area contributed by atoms with E-state index in [0.29, 0.717) is 5.02 Å². The van der Waals surface area contributed by atoms with Gasteiger partial charge in [0.1, 0.15) is 0 Å². The van der Waals surface area contributed by atoms with Crippen molar-refractivity contribution in [3.63, 3.8) is 0 Å². The molecule has 0 aromatic heterocycles. The SMILES string of the molecule is O=C(O)c1ccc(NCCCCC[C@H](O)c2ccc(Cl)cc2)cc1. The van der Waals surface area contributed by atoms with Crippen LogP contribution in [-0.2, 0) is 0 Å². The van der Waals surface area contributed by atoms with Crippen molar-refractivity contribution in [1.29, 1.82) is 0 Å². The van der Waals surface area contributed by atoms with Crippen LogP contribution in [0.3, 0.4) is 0 Å². The third-order valence-electron chi connectivity index (χ3n) is 3.87. The Balaban J connectivity index is 1.61. The van der Waals surface area contributed by atoms with Crippen LogP contribution in [-0.4, -0.2) is 22.7 Å². The van der Waals surface area contributed by atoms with E-state index in [1.807, 2.05) is 12.1 Å². The van der Waals surface area contributed by atoms with Gasteiger partial charge in [0.05, 0.1) is 11.7 Å². The van der Waals surface area contributed by atoms with E-state index in [0.717, 1.165) is 43.5 Å². The molecule has 5 heteroatoms. The molecule has 0 aliphatic heterocycles. The predicted octanol–water partition coefficient (Wildman–Crippen LogP) is 4.74. The minimum atomic E-state index is -0.916. The molecule has 2 rings (SSSR count). The smallest absolute Gasteiger partial charge is 0.335 e. The highest BCUT2D eigenvalue weighted by Crippen LogP contribution is 2.21. The molecule has 0 spiro atoms. The highest BCUT2D eigenvalue weighted by atomic mass is 35.5. The van der Waals surface area contributed by atoms with Crippen LogP contribution in [0.5, 0.6) is 0 Å². The van der Waals surface area contributed by atoms with Crippen molar-refractivity contribution in [3.05, 3.63) is 64.7 Å². The number of aliphatic hydroxyl groups is 1. The molecule has 24 heavy (non-hydrogen) atoms. The zero-order valence-corrected chi connectivity index (χ0v) is 14.2. The molecule has 0 heterocycles. The molecule has 2 aromatic carbocycles. The van der Waals surface area contributed by atoms with Gasteiger partial charge in [-0.05, 0) is 54.8 Å². The second-order valence-electron chi connectivity index (χ2n) is 5.73. The highest BCUT2D eigenvalue weighted by Gasteiger charge is 2.06. The predicted molar refractivity (Wildman–Crippen MR) is 96.8 cm³/mol. The lowest BCUT2D eigenvalue weighted by Gasteiger charge is -2.11. The fourth-order valence-corrected chi connectivity index (χ4v) is 2.58. The van der Waals surface area contributed by atoms with E-state index in [4.69, 9.17) is 16.7 Å². The van der Waals surface area contributed by atoms with Crippen LogP contribution in [0.15, 0.2) is 48.5 Å². The first kappa shape index (κ1) is 18.3. The Labute approximate surface area is 147 Å². The fourth-order valence-electron chi connectivity index (χ4n) is 2.45. The number of nitrogens with one attached hydrogen (secondary N) is 1. The lowest BCUT2D eigenvalue weighted by Crippen LogP contribution is -2.03. The Kier molecular flexibility index (Phi) is 7.09. The number of halogens is 1. The molecule has 0 aliphatic carbocycles. The maximum atomic E-state index is 10.8. The normalized spacial score (nSPS) is 11.9. The summed E-state index contributed by atoms with van der Waals surface area (Å²) in [5.74, 6) is -0.916. The maximum absolute atomic E-state index is 10.8. The number of hydrogen-bond acceptors (Lipinski definition) is 3. The van der Waals surface area contributed by atoms with Crippen molar-refractivity contribution in [2.24, 2.45) is 0 Å². The van der Waals surface area contributed by atoms with E-state index in [1.54, 1.807) is 36.4 Å². The third kappa shape index (κ3) is 5.87. The summed E-state index contributed by atoms with van der Waals surface area (Å²) in [5, 5.41) is 22.9. The van der Waals surface area contributed by atoms with Crippen LogP contribution in [0.25, 0.3) is 0 Å². The van der Waals surface area contributed by atoms with E-state index in [2.05, 4.69) is 5.32 Å². The molecule has 0 amide bonds.